The molecule has 1 N–H and O–H groups in total. The van der Waals surface area contributed by atoms with Crippen LogP contribution in [0.2, 0.25) is 0 Å². The van der Waals surface area contributed by atoms with Crippen LogP contribution in [0.3, 0.4) is 0 Å². The molecule has 0 aromatic rings. The Hall–Kier alpha value is 0.110. The third-order valence-corrected chi connectivity index (χ3v) is 5.80. The van der Waals surface area contributed by atoms with Crippen molar-refractivity contribution in [2.45, 2.75) is 51.0 Å². The largest absolute Gasteiger partial charge is 0.389 e. The standard InChI is InChI=1S/C19H39NO5S/c1-5-19(4,21)18(16-26-17(2)3)20-6-8-22-10-12-24-14-15-25-13-11-23-9-7-20/h17-18,21H,5-16H2,1-4H3/t18-,19?/m0/s1. The van der Waals surface area contributed by atoms with Crippen molar-refractivity contribution in [3.63, 3.8) is 0 Å². The van der Waals surface area contributed by atoms with Crippen LogP contribution in [0.25, 0.3) is 0 Å². The second kappa shape index (κ2) is 14.2. The second-order valence-electron chi connectivity index (χ2n) is 7.09. The third kappa shape index (κ3) is 10.4. The summed E-state index contributed by atoms with van der Waals surface area (Å²) in [6.07, 6.45) is 0.718. The van der Waals surface area contributed by atoms with Gasteiger partial charge in [-0.05, 0) is 18.6 Å². The van der Waals surface area contributed by atoms with Crippen molar-refractivity contribution in [2.24, 2.45) is 0 Å². The van der Waals surface area contributed by atoms with E-state index in [9.17, 15) is 5.11 Å². The van der Waals surface area contributed by atoms with Gasteiger partial charge in [0.1, 0.15) is 0 Å². The van der Waals surface area contributed by atoms with Crippen LogP contribution in [-0.2, 0) is 18.9 Å². The molecule has 0 aliphatic carbocycles. The Morgan fingerprint density at radius 3 is 1.69 bits per heavy atom. The first kappa shape index (κ1) is 24.1. The maximum Gasteiger partial charge on any atom is 0.0779 e. The van der Waals surface area contributed by atoms with E-state index in [4.69, 9.17) is 18.9 Å². The van der Waals surface area contributed by atoms with Crippen LogP contribution < -0.4 is 0 Å². The minimum Gasteiger partial charge on any atom is -0.389 e. The normalized spacial score (nSPS) is 23.8. The molecule has 0 spiro atoms. The van der Waals surface area contributed by atoms with Gasteiger partial charge in [0.15, 0.2) is 0 Å². The summed E-state index contributed by atoms with van der Waals surface area (Å²) in [7, 11) is 0. The van der Waals surface area contributed by atoms with Crippen molar-refractivity contribution in [3.8, 4) is 0 Å². The summed E-state index contributed by atoms with van der Waals surface area (Å²) in [5, 5.41) is 11.5. The topological polar surface area (TPSA) is 60.4 Å². The third-order valence-electron chi connectivity index (χ3n) is 4.62. The summed E-state index contributed by atoms with van der Waals surface area (Å²) < 4.78 is 22.4. The molecule has 1 unspecified atom stereocenters. The first-order chi connectivity index (χ1) is 12.5. The molecule has 26 heavy (non-hydrogen) atoms. The predicted molar refractivity (Wildman–Crippen MR) is 107 cm³/mol. The van der Waals surface area contributed by atoms with Crippen molar-refractivity contribution in [1.29, 1.82) is 0 Å². The SMILES string of the molecule is CCC(C)(O)[C@H](CSC(C)C)N1CCOCCOCCOCCOCC1. The minimum absolute atomic E-state index is 0.0651. The molecule has 0 saturated carbocycles. The summed E-state index contributed by atoms with van der Waals surface area (Å²) in [6.45, 7) is 14.7. The van der Waals surface area contributed by atoms with E-state index in [2.05, 4.69) is 18.7 Å². The number of hydrogen-bond acceptors (Lipinski definition) is 7. The first-order valence-corrected chi connectivity index (χ1v) is 10.9. The van der Waals surface area contributed by atoms with Gasteiger partial charge in [0.05, 0.1) is 58.5 Å². The monoisotopic (exact) mass is 393 g/mol. The maximum atomic E-state index is 11.0. The van der Waals surface area contributed by atoms with Gasteiger partial charge in [0.25, 0.3) is 0 Å². The summed E-state index contributed by atoms with van der Waals surface area (Å²) in [6, 6.07) is 0.0651. The summed E-state index contributed by atoms with van der Waals surface area (Å²) in [4.78, 5) is 2.32. The van der Waals surface area contributed by atoms with Crippen LogP contribution in [0.15, 0.2) is 0 Å². The molecule has 0 aromatic heterocycles. The number of hydrogen-bond donors (Lipinski definition) is 1. The maximum absolute atomic E-state index is 11.0. The average Bonchev–Trinajstić information content (AvgIpc) is 2.61. The highest BCUT2D eigenvalue weighted by atomic mass is 32.2. The van der Waals surface area contributed by atoms with Gasteiger partial charge >= 0.3 is 0 Å². The molecule has 0 radical (unpaired) electrons. The Bertz CT molecular complexity index is 328. The van der Waals surface area contributed by atoms with Crippen molar-refractivity contribution in [1.82, 2.24) is 4.90 Å². The molecule has 0 aromatic carbocycles. The summed E-state index contributed by atoms with van der Waals surface area (Å²) in [5.74, 6) is 0.894. The zero-order valence-corrected chi connectivity index (χ0v) is 17.9. The molecule has 1 aliphatic rings. The molecular formula is C19H39NO5S. The Balaban J connectivity index is 2.69. The fourth-order valence-corrected chi connectivity index (χ4v) is 3.88. The number of thioether (sulfide) groups is 1. The molecular weight excluding hydrogens is 354 g/mol. The van der Waals surface area contributed by atoms with Gasteiger partial charge in [-0.3, -0.25) is 4.90 Å². The van der Waals surface area contributed by atoms with Crippen molar-refractivity contribution in [2.75, 3.05) is 71.7 Å². The highest BCUT2D eigenvalue weighted by Gasteiger charge is 2.34. The highest BCUT2D eigenvalue weighted by Crippen LogP contribution is 2.25. The highest BCUT2D eigenvalue weighted by molar-refractivity contribution is 7.99. The van der Waals surface area contributed by atoms with E-state index in [0.717, 1.165) is 25.3 Å². The van der Waals surface area contributed by atoms with E-state index in [1.54, 1.807) is 0 Å². The van der Waals surface area contributed by atoms with Gasteiger partial charge in [-0.2, -0.15) is 11.8 Å². The van der Waals surface area contributed by atoms with Gasteiger partial charge < -0.3 is 24.1 Å². The van der Waals surface area contributed by atoms with Gasteiger partial charge in [0, 0.05) is 24.9 Å². The van der Waals surface area contributed by atoms with E-state index < -0.39 is 5.60 Å². The lowest BCUT2D eigenvalue weighted by atomic mass is 9.93. The zero-order valence-electron chi connectivity index (χ0n) is 17.1. The fourth-order valence-electron chi connectivity index (χ4n) is 2.75. The second-order valence-corrected chi connectivity index (χ2v) is 8.70. The number of aliphatic hydroxyl groups is 1. The zero-order chi connectivity index (χ0) is 19.3. The fraction of sp³-hybridized carbons (Fsp3) is 1.00. The molecule has 1 fully saturated rings. The summed E-state index contributed by atoms with van der Waals surface area (Å²) >= 11 is 1.89. The van der Waals surface area contributed by atoms with Gasteiger partial charge in [0.2, 0.25) is 0 Å². The molecule has 1 saturated heterocycles. The van der Waals surface area contributed by atoms with Crippen LogP contribution in [0.5, 0.6) is 0 Å². The number of ether oxygens (including phenoxy) is 4. The van der Waals surface area contributed by atoms with E-state index in [1.807, 2.05) is 25.6 Å². The lowest BCUT2D eigenvalue weighted by Gasteiger charge is -2.41. The van der Waals surface area contributed by atoms with Crippen LogP contribution >= 0.6 is 11.8 Å². The summed E-state index contributed by atoms with van der Waals surface area (Å²) in [5.41, 5.74) is -0.739. The van der Waals surface area contributed by atoms with E-state index in [0.29, 0.717) is 58.1 Å². The molecule has 0 bridgehead atoms. The van der Waals surface area contributed by atoms with Crippen LogP contribution in [0.4, 0.5) is 0 Å². The Labute approximate surface area is 163 Å². The van der Waals surface area contributed by atoms with E-state index >= 15 is 0 Å². The minimum atomic E-state index is -0.739. The number of nitrogens with zero attached hydrogens (tertiary/aromatic N) is 1. The predicted octanol–water partition coefficient (Wildman–Crippen LogP) is 2.04. The molecule has 1 heterocycles. The van der Waals surface area contributed by atoms with Crippen molar-refractivity contribution in [3.05, 3.63) is 0 Å². The molecule has 6 nitrogen and oxygen atoms in total. The quantitative estimate of drug-likeness (QED) is 0.741. The van der Waals surface area contributed by atoms with Gasteiger partial charge in [-0.25, -0.2) is 0 Å². The molecule has 2 atom stereocenters. The smallest absolute Gasteiger partial charge is 0.0779 e. The molecule has 7 heteroatoms. The van der Waals surface area contributed by atoms with Crippen LogP contribution in [0, 0.1) is 0 Å². The lowest BCUT2D eigenvalue weighted by Crippen LogP contribution is -2.54. The molecule has 1 rings (SSSR count). The van der Waals surface area contributed by atoms with Crippen molar-refractivity contribution < 1.29 is 24.1 Å². The van der Waals surface area contributed by atoms with Gasteiger partial charge in [-0.1, -0.05) is 20.8 Å². The van der Waals surface area contributed by atoms with Crippen LogP contribution in [0.1, 0.15) is 34.1 Å². The average molecular weight is 394 g/mol. The van der Waals surface area contributed by atoms with Crippen molar-refractivity contribution >= 4 is 11.8 Å². The van der Waals surface area contributed by atoms with Crippen LogP contribution in [-0.4, -0.2) is 98.6 Å². The Morgan fingerprint density at radius 1 is 0.885 bits per heavy atom. The Kier molecular flexibility index (Phi) is 13.1. The molecule has 0 amide bonds. The molecule has 156 valence electrons. The van der Waals surface area contributed by atoms with E-state index in [-0.39, 0.29) is 6.04 Å². The number of rotatable bonds is 6. The van der Waals surface area contributed by atoms with E-state index in [1.165, 1.54) is 0 Å². The van der Waals surface area contributed by atoms with Gasteiger partial charge in [-0.15, -0.1) is 0 Å². The first-order valence-electron chi connectivity index (χ1n) is 9.86. The molecule has 1 aliphatic heterocycles. The Morgan fingerprint density at radius 2 is 1.31 bits per heavy atom. The lowest BCUT2D eigenvalue weighted by molar-refractivity contribution is -0.0448.